The molecule has 6 nitrogen and oxygen atoms in total. The summed E-state index contributed by atoms with van der Waals surface area (Å²) in [7, 11) is -0.526. The van der Waals surface area contributed by atoms with Crippen molar-refractivity contribution in [3.63, 3.8) is 0 Å². The third-order valence-corrected chi connectivity index (χ3v) is 5.94. The van der Waals surface area contributed by atoms with Crippen LogP contribution in [-0.2, 0) is 17.1 Å². The van der Waals surface area contributed by atoms with Crippen LogP contribution in [0.5, 0.6) is 0 Å². The molecular formula is C14H22N2O4S. The summed E-state index contributed by atoms with van der Waals surface area (Å²) in [5.41, 5.74) is -0.0281. The summed E-state index contributed by atoms with van der Waals surface area (Å²) in [6.45, 7) is 0.500. The molecule has 0 aromatic carbocycles. The van der Waals surface area contributed by atoms with E-state index in [-0.39, 0.29) is 10.6 Å². The maximum atomic E-state index is 12.5. The van der Waals surface area contributed by atoms with Gasteiger partial charge in [-0.1, -0.05) is 19.3 Å². The summed E-state index contributed by atoms with van der Waals surface area (Å²) in [6.07, 6.45) is 7.04. The second-order valence-corrected chi connectivity index (χ2v) is 7.81. The van der Waals surface area contributed by atoms with Gasteiger partial charge in [-0.05, 0) is 24.8 Å². The summed E-state index contributed by atoms with van der Waals surface area (Å²) in [5, 5.41) is 9.02. The molecule has 1 aromatic rings. The highest BCUT2D eigenvalue weighted by molar-refractivity contribution is 7.89. The lowest BCUT2D eigenvalue weighted by Crippen LogP contribution is -2.32. The monoisotopic (exact) mass is 314 g/mol. The molecular weight excluding hydrogens is 292 g/mol. The van der Waals surface area contributed by atoms with Gasteiger partial charge in [0.15, 0.2) is 0 Å². The minimum absolute atomic E-state index is 0.0281. The van der Waals surface area contributed by atoms with Crippen molar-refractivity contribution in [2.75, 3.05) is 13.6 Å². The number of nitrogens with zero attached hydrogens (tertiary/aromatic N) is 2. The van der Waals surface area contributed by atoms with Crippen molar-refractivity contribution >= 4 is 16.0 Å². The molecule has 0 spiro atoms. The van der Waals surface area contributed by atoms with Crippen molar-refractivity contribution in [2.45, 2.75) is 37.0 Å². The number of carboxylic acid groups (broad SMARTS) is 1. The Balaban J connectivity index is 2.16. The van der Waals surface area contributed by atoms with E-state index in [0.29, 0.717) is 12.5 Å². The highest BCUT2D eigenvalue weighted by Crippen LogP contribution is 2.26. The van der Waals surface area contributed by atoms with Crippen LogP contribution in [-0.4, -0.2) is 42.0 Å². The van der Waals surface area contributed by atoms with Crippen molar-refractivity contribution in [1.29, 1.82) is 0 Å². The van der Waals surface area contributed by atoms with Gasteiger partial charge < -0.3 is 9.67 Å². The molecule has 0 atom stereocenters. The van der Waals surface area contributed by atoms with Crippen molar-refractivity contribution < 1.29 is 18.3 Å². The van der Waals surface area contributed by atoms with Crippen molar-refractivity contribution in [3.8, 4) is 0 Å². The molecule has 1 aliphatic carbocycles. The predicted molar refractivity (Wildman–Crippen MR) is 78.8 cm³/mol. The van der Waals surface area contributed by atoms with Crippen LogP contribution in [0.4, 0.5) is 0 Å². The molecule has 7 heteroatoms. The molecule has 0 radical (unpaired) electrons. The van der Waals surface area contributed by atoms with Gasteiger partial charge in [-0.2, -0.15) is 0 Å². The Hall–Kier alpha value is -1.34. The van der Waals surface area contributed by atoms with E-state index >= 15 is 0 Å². The van der Waals surface area contributed by atoms with Crippen molar-refractivity contribution in [1.82, 2.24) is 8.87 Å². The first-order chi connectivity index (χ1) is 9.82. The molecule has 1 saturated carbocycles. The largest absolute Gasteiger partial charge is 0.477 e. The number of hydrogen-bond donors (Lipinski definition) is 1. The molecule has 1 N–H and O–H groups in total. The Morgan fingerprint density at radius 2 is 2.00 bits per heavy atom. The number of aryl methyl sites for hydroxylation is 1. The van der Waals surface area contributed by atoms with Gasteiger partial charge in [0.05, 0.1) is 0 Å². The SMILES string of the molecule is CN(CC1CCCCC1)S(=O)(=O)c1cc(C(=O)O)n(C)c1. The Morgan fingerprint density at radius 3 is 2.52 bits per heavy atom. The Labute approximate surface area is 125 Å². The molecule has 1 aromatic heterocycles. The number of rotatable bonds is 5. The van der Waals surface area contributed by atoms with Gasteiger partial charge >= 0.3 is 5.97 Å². The quantitative estimate of drug-likeness (QED) is 0.900. The van der Waals surface area contributed by atoms with Crippen LogP contribution in [0.15, 0.2) is 17.2 Å². The standard InChI is InChI=1S/C14H22N2O4S/c1-15-10-12(8-13(15)14(17)18)21(19,20)16(2)9-11-6-4-3-5-7-11/h8,10-11H,3-7,9H2,1-2H3,(H,17,18). The lowest BCUT2D eigenvalue weighted by Gasteiger charge is -2.26. The number of sulfonamides is 1. The number of aromatic nitrogens is 1. The number of carboxylic acids is 1. The van der Waals surface area contributed by atoms with E-state index in [1.807, 2.05) is 0 Å². The fourth-order valence-electron chi connectivity index (χ4n) is 2.90. The van der Waals surface area contributed by atoms with Crippen LogP contribution in [0.1, 0.15) is 42.6 Å². The zero-order valence-corrected chi connectivity index (χ0v) is 13.3. The van der Waals surface area contributed by atoms with E-state index in [1.165, 1.54) is 34.6 Å². The van der Waals surface area contributed by atoms with Crippen LogP contribution < -0.4 is 0 Å². The normalized spacial score (nSPS) is 17.3. The minimum atomic E-state index is -3.62. The first-order valence-corrected chi connectivity index (χ1v) is 8.62. The number of carbonyl (C=O) groups is 1. The molecule has 2 rings (SSSR count). The van der Waals surface area contributed by atoms with Gasteiger partial charge in [0, 0.05) is 26.8 Å². The molecule has 0 amide bonds. The molecule has 0 aliphatic heterocycles. The maximum Gasteiger partial charge on any atom is 0.352 e. The fourth-order valence-corrected chi connectivity index (χ4v) is 4.22. The Bertz CT molecular complexity index is 615. The first kappa shape index (κ1) is 16.0. The van der Waals surface area contributed by atoms with E-state index in [1.54, 1.807) is 7.05 Å². The second-order valence-electron chi connectivity index (χ2n) is 5.77. The van der Waals surface area contributed by atoms with Crippen LogP contribution in [0.2, 0.25) is 0 Å². The molecule has 118 valence electrons. The average molecular weight is 314 g/mol. The molecule has 0 bridgehead atoms. The third-order valence-electron chi connectivity index (χ3n) is 4.15. The third kappa shape index (κ3) is 3.47. The van der Waals surface area contributed by atoms with E-state index in [0.717, 1.165) is 25.7 Å². The summed E-state index contributed by atoms with van der Waals surface area (Å²) < 4.78 is 27.7. The summed E-state index contributed by atoms with van der Waals surface area (Å²) in [5.74, 6) is -0.727. The fraction of sp³-hybridized carbons (Fsp3) is 0.643. The average Bonchev–Trinajstić information content (AvgIpc) is 2.82. The predicted octanol–water partition coefficient (Wildman–Crippen LogP) is 1.92. The molecule has 0 unspecified atom stereocenters. The van der Waals surface area contributed by atoms with E-state index in [2.05, 4.69) is 0 Å². The van der Waals surface area contributed by atoms with Crippen LogP contribution in [0.3, 0.4) is 0 Å². The lowest BCUT2D eigenvalue weighted by molar-refractivity contribution is 0.0686. The van der Waals surface area contributed by atoms with Crippen molar-refractivity contribution in [2.24, 2.45) is 13.0 Å². The van der Waals surface area contributed by atoms with E-state index < -0.39 is 16.0 Å². The van der Waals surface area contributed by atoms with Gasteiger partial charge in [-0.3, -0.25) is 0 Å². The first-order valence-electron chi connectivity index (χ1n) is 7.18. The van der Waals surface area contributed by atoms with Crippen LogP contribution in [0.25, 0.3) is 0 Å². The smallest absolute Gasteiger partial charge is 0.352 e. The molecule has 1 fully saturated rings. The molecule has 21 heavy (non-hydrogen) atoms. The van der Waals surface area contributed by atoms with Crippen LogP contribution in [0, 0.1) is 5.92 Å². The number of aromatic carboxylic acids is 1. The minimum Gasteiger partial charge on any atom is -0.477 e. The summed E-state index contributed by atoms with van der Waals surface area (Å²) in [6, 6.07) is 1.22. The summed E-state index contributed by atoms with van der Waals surface area (Å²) in [4.78, 5) is 11.1. The second kappa shape index (κ2) is 6.19. The van der Waals surface area contributed by atoms with Gasteiger partial charge in [-0.25, -0.2) is 17.5 Å². The van der Waals surface area contributed by atoms with Crippen LogP contribution >= 0.6 is 0 Å². The molecule has 1 aliphatic rings. The van der Waals surface area contributed by atoms with Gasteiger partial charge in [-0.15, -0.1) is 0 Å². The Kier molecular flexibility index (Phi) is 4.73. The number of hydrogen-bond acceptors (Lipinski definition) is 3. The highest BCUT2D eigenvalue weighted by atomic mass is 32.2. The Morgan fingerprint density at radius 1 is 1.38 bits per heavy atom. The van der Waals surface area contributed by atoms with E-state index in [4.69, 9.17) is 5.11 Å². The van der Waals surface area contributed by atoms with Gasteiger partial charge in [0.25, 0.3) is 0 Å². The zero-order chi connectivity index (χ0) is 15.6. The summed E-state index contributed by atoms with van der Waals surface area (Å²) >= 11 is 0. The van der Waals surface area contributed by atoms with Gasteiger partial charge in [0.1, 0.15) is 10.6 Å². The highest BCUT2D eigenvalue weighted by Gasteiger charge is 2.27. The molecule has 1 heterocycles. The van der Waals surface area contributed by atoms with E-state index in [9.17, 15) is 13.2 Å². The van der Waals surface area contributed by atoms with Crippen molar-refractivity contribution in [3.05, 3.63) is 18.0 Å². The molecule has 0 saturated heterocycles. The lowest BCUT2D eigenvalue weighted by atomic mass is 9.89. The maximum absolute atomic E-state index is 12.5. The zero-order valence-electron chi connectivity index (χ0n) is 12.4. The topological polar surface area (TPSA) is 79.6 Å². The van der Waals surface area contributed by atoms with Gasteiger partial charge in [0.2, 0.25) is 10.0 Å².